The van der Waals surface area contributed by atoms with E-state index < -0.39 is 0 Å². The summed E-state index contributed by atoms with van der Waals surface area (Å²) in [6, 6.07) is 7.87. The number of carbonyl (C=O) groups is 1. The van der Waals surface area contributed by atoms with Gasteiger partial charge in [-0.3, -0.25) is 4.79 Å². The Morgan fingerprint density at radius 3 is 2.57 bits per heavy atom. The minimum absolute atomic E-state index is 0.00491. The number of anilines is 2. The lowest BCUT2D eigenvalue weighted by Gasteiger charge is -2.07. The zero-order valence-corrected chi connectivity index (χ0v) is 13.9. The van der Waals surface area contributed by atoms with Gasteiger partial charge in [0.15, 0.2) is 5.78 Å². The number of Topliss-reactive ketones (excluding diaryl/α,β-unsaturated/α-hetero) is 1. The van der Waals surface area contributed by atoms with Gasteiger partial charge in [0.1, 0.15) is 10.8 Å². The second kappa shape index (κ2) is 6.87. The van der Waals surface area contributed by atoms with Crippen molar-refractivity contribution in [3.63, 3.8) is 0 Å². The summed E-state index contributed by atoms with van der Waals surface area (Å²) in [6.07, 6.45) is 1.96. The third-order valence-corrected chi connectivity index (χ3v) is 5.26. The Kier molecular flexibility index (Phi) is 5.14. The molecule has 1 heterocycles. The second-order valence-corrected chi connectivity index (χ2v) is 6.30. The number of thiophene rings is 1. The number of nitrogens with two attached hydrogens (primary N) is 1. The number of nitrogens with one attached hydrogen (secondary N) is 1. The Morgan fingerprint density at radius 1 is 1.38 bits per heavy atom. The summed E-state index contributed by atoms with van der Waals surface area (Å²) in [5, 5.41) is 4.30. The van der Waals surface area contributed by atoms with Crippen molar-refractivity contribution in [2.24, 2.45) is 0 Å². The van der Waals surface area contributed by atoms with Crippen molar-refractivity contribution < 1.29 is 9.53 Å². The van der Waals surface area contributed by atoms with E-state index in [1.54, 1.807) is 25.8 Å². The summed E-state index contributed by atoms with van der Waals surface area (Å²) in [6.45, 7) is 2.22. The van der Waals surface area contributed by atoms with Gasteiger partial charge in [0.05, 0.1) is 22.6 Å². The number of carbonyl (C=O) groups excluding carboxylic acids is 1. The molecular formula is C15H18N2O2S2. The highest BCUT2D eigenvalue weighted by Crippen LogP contribution is 2.42. The lowest BCUT2D eigenvalue weighted by molar-refractivity contribution is 0.102. The van der Waals surface area contributed by atoms with Crippen molar-refractivity contribution in [1.82, 2.24) is 0 Å². The van der Waals surface area contributed by atoms with Gasteiger partial charge in [0.25, 0.3) is 0 Å². The molecule has 0 fully saturated rings. The first-order valence-electron chi connectivity index (χ1n) is 6.40. The molecule has 0 aliphatic carbocycles. The van der Waals surface area contributed by atoms with Crippen molar-refractivity contribution in [2.45, 2.75) is 18.4 Å². The maximum atomic E-state index is 11.6. The van der Waals surface area contributed by atoms with Crippen LogP contribution in [0.5, 0.6) is 5.75 Å². The highest BCUT2D eigenvalue weighted by molar-refractivity contribution is 7.99. The van der Waals surface area contributed by atoms with Crippen molar-refractivity contribution in [1.29, 1.82) is 0 Å². The van der Waals surface area contributed by atoms with Gasteiger partial charge in [0, 0.05) is 13.5 Å². The predicted octanol–water partition coefficient (Wildman–Crippen LogP) is 3.88. The summed E-state index contributed by atoms with van der Waals surface area (Å²) < 4.78 is 5.14. The fourth-order valence-electron chi connectivity index (χ4n) is 1.94. The van der Waals surface area contributed by atoms with E-state index in [2.05, 4.69) is 5.32 Å². The van der Waals surface area contributed by atoms with Gasteiger partial charge >= 0.3 is 0 Å². The molecule has 0 radical (unpaired) electrons. The van der Waals surface area contributed by atoms with Crippen molar-refractivity contribution in [2.75, 3.05) is 24.4 Å². The molecule has 4 nitrogen and oxygen atoms in total. The molecule has 2 rings (SSSR count). The van der Waals surface area contributed by atoms with Crippen LogP contribution in [0.15, 0.2) is 29.2 Å². The first kappa shape index (κ1) is 15.7. The van der Waals surface area contributed by atoms with Crippen LogP contribution in [0, 0.1) is 0 Å². The second-order valence-electron chi connectivity index (χ2n) is 4.47. The van der Waals surface area contributed by atoms with Crippen molar-refractivity contribution >= 4 is 39.6 Å². The Morgan fingerprint density at radius 2 is 2.05 bits per heavy atom. The van der Waals surface area contributed by atoms with E-state index in [-0.39, 0.29) is 5.78 Å². The van der Waals surface area contributed by atoms with Gasteiger partial charge < -0.3 is 15.8 Å². The molecule has 21 heavy (non-hydrogen) atoms. The van der Waals surface area contributed by atoms with Crippen LogP contribution in [0.25, 0.3) is 0 Å². The van der Waals surface area contributed by atoms with Gasteiger partial charge in [-0.2, -0.15) is 0 Å². The quantitative estimate of drug-likeness (QED) is 0.624. The molecule has 0 aliphatic rings. The summed E-state index contributed by atoms with van der Waals surface area (Å²) in [4.78, 5) is 13.1. The van der Waals surface area contributed by atoms with E-state index >= 15 is 0 Å². The summed E-state index contributed by atoms with van der Waals surface area (Å²) in [5.74, 6) is 0.841. The molecule has 0 bridgehead atoms. The number of methoxy groups -OCH3 is 1. The molecule has 1 aromatic carbocycles. The Bertz CT molecular complexity index is 636. The number of benzene rings is 1. The Labute approximate surface area is 132 Å². The molecule has 0 aliphatic heterocycles. The maximum absolute atomic E-state index is 11.6. The minimum atomic E-state index is 0.00491. The van der Waals surface area contributed by atoms with Crippen LogP contribution in [0.3, 0.4) is 0 Å². The van der Waals surface area contributed by atoms with E-state index in [1.807, 2.05) is 30.5 Å². The van der Waals surface area contributed by atoms with E-state index in [0.29, 0.717) is 17.1 Å². The Balaban J connectivity index is 2.15. The number of rotatable bonds is 6. The smallest absolute Gasteiger partial charge is 0.171 e. The SMILES string of the molecule is COc1ccc(CNc2sc(C(C)=O)c(N)c2SC)cc1. The third-order valence-electron chi connectivity index (χ3n) is 3.04. The van der Waals surface area contributed by atoms with Gasteiger partial charge in [-0.05, 0) is 24.0 Å². The van der Waals surface area contributed by atoms with Crippen LogP contribution in [0.1, 0.15) is 22.2 Å². The summed E-state index contributed by atoms with van der Waals surface area (Å²) in [7, 11) is 1.65. The predicted molar refractivity (Wildman–Crippen MR) is 90.8 cm³/mol. The third kappa shape index (κ3) is 3.51. The zero-order valence-electron chi connectivity index (χ0n) is 12.2. The first-order chi connectivity index (χ1) is 10.1. The maximum Gasteiger partial charge on any atom is 0.171 e. The first-order valence-corrected chi connectivity index (χ1v) is 8.45. The number of hydrogen-bond donors (Lipinski definition) is 2. The molecule has 112 valence electrons. The topological polar surface area (TPSA) is 64.3 Å². The molecule has 6 heteroatoms. The normalized spacial score (nSPS) is 10.4. The van der Waals surface area contributed by atoms with Crippen LogP contribution < -0.4 is 15.8 Å². The standard InChI is InChI=1S/C15H18N2O2S2/c1-9(18)13-12(16)14(20-3)15(21-13)17-8-10-4-6-11(19-2)7-5-10/h4-7,17H,8,16H2,1-3H3. The van der Waals surface area contributed by atoms with E-state index in [1.165, 1.54) is 11.3 Å². The molecule has 0 atom stereocenters. The van der Waals surface area contributed by atoms with Gasteiger partial charge in [0.2, 0.25) is 0 Å². The Hall–Kier alpha value is -1.66. The van der Waals surface area contributed by atoms with E-state index in [0.717, 1.165) is 21.2 Å². The molecule has 2 aromatic rings. The lowest BCUT2D eigenvalue weighted by Crippen LogP contribution is -1.99. The molecule has 0 saturated carbocycles. The number of ether oxygens (including phenoxy) is 1. The highest BCUT2D eigenvalue weighted by Gasteiger charge is 2.17. The van der Waals surface area contributed by atoms with Crippen LogP contribution in [0.2, 0.25) is 0 Å². The summed E-state index contributed by atoms with van der Waals surface area (Å²) >= 11 is 2.97. The lowest BCUT2D eigenvalue weighted by atomic mass is 10.2. The molecule has 0 spiro atoms. The number of hydrogen-bond acceptors (Lipinski definition) is 6. The molecule has 0 amide bonds. The van der Waals surface area contributed by atoms with E-state index in [9.17, 15) is 4.79 Å². The fraction of sp³-hybridized carbons (Fsp3) is 0.267. The highest BCUT2D eigenvalue weighted by atomic mass is 32.2. The van der Waals surface area contributed by atoms with Crippen molar-refractivity contribution in [3.8, 4) is 5.75 Å². The van der Waals surface area contributed by atoms with Gasteiger partial charge in [-0.15, -0.1) is 23.1 Å². The molecule has 0 unspecified atom stereocenters. The van der Waals surface area contributed by atoms with Crippen molar-refractivity contribution in [3.05, 3.63) is 34.7 Å². The molecular weight excluding hydrogens is 304 g/mol. The van der Waals surface area contributed by atoms with Gasteiger partial charge in [-0.1, -0.05) is 12.1 Å². The average Bonchev–Trinajstić information content (AvgIpc) is 2.81. The average molecular weight is 322 g/mol. The zero-order chi connectivity index (χ0) is 15.4. The molecule has 0 saturated heterocycles. The van der Waals surface area contributed by atoms with Gasteiger partial charge in [-0.25, -0.2) is 0 Å². The van der Waals surface area contributed by atoms with Crippen LogP contribution in [-0.4, -0.2) is 19.1 Å². The van der Waals surface area contributed by atoms with Crippen LogP contribution in [-0.2, 0) is 6.54 Å². The molecule has 3 N–H and O–H groups in total. The number of thioether (sulfide) groups is 1. The number of ketones is 1. The minimum Gasteiger partial charge on any atom is -0.497 e. The monoisotopic (exact) mass is 322 g/mol. The van der Waals surface area contributed by atoms with Crippen LogP contribution >= 0.6 is 23.1 Å². The van der Waals surface area contributed by atoms with Crippen LogP contribution in [0.4, 0.5) is 10.7 Å². The number of nitrogen functional groups attached to an aromatic ring is 1. The van der Waals surface area contributed by atoms with E-state index in [4.69, 9.17) is 10.5 Å². The fourth-order valence-corrected chi connectivity index (χ4v) is 3.86. The summed E-state index contributed by atoms with van der Waals surface area (Å²) in [5.41, 5.74) is 7.75. The molecule has 1 aromatic heterocycles. The largest absolute Gasteiger partial charge is 0.497 e.